The van der Waals surface area contributed by atoms with Crippen LogP contribution in [0, 0.1) is 0 Å². The third-order valence-electron chi connectivity index (χ3n) is 14.3. The van der Waals surface area contributed by atoms with Crippen molar-refractivity contribution in [3.63, 3.8) is 0 Å². The van der Waals surface area contributed by atoms with Crippen LogP contribution in [0.15, 0.2) is 247 Å². The molecular weight excluding hydrogens is 825 g/mol. The number of para-hydroxylation sites is 2. The lowest BCUT2D eigenvalue weighted by Crippen LogP contribution is -2.29. The standard InChI is InChI=1S/C65H40N2O/c1-3-18-41(19-4-1)44-36-45(42-20-5-2-6-21-42)38-46(37-44)61-40-60(66-64(67-61)54-29-17-28-53-52-27-12-16-33-62(52)68-63(53)54)43-34-35-59-55(39-43)51-26-11-15-32-58(51)65(59)56-30-13-9-24-49(56)47-22-7-8-23-48(47)50-25-10-14-31-57(50)65/h1-40H. The summed E-state index contributed by atoms with van der Waals surface area (Å²) in [6.45, 7) is 0. The molecule has 14 rings (SSSR count). The van der Waals surface area contributed by atoms with E-state index in [9.17, 15) is 0 Å². The number of benzene rings is 10. The van der Waals surface area contributed by atoms with Gasteiger partial charge in [-0.1, -0.05) is 200 Å². The monoisotopic (exact) mass is 864 g/mol. The van der Waals surface area contributed by atoms with Gasteiger partial charge in [0.15, 0.2) is 5.82 Å². The van der Waals surface area contributed by atoms with E-state index >= 15 is 0 Å². The molecule has 0 fully saturated rings. The van der Waals surface area contributed by atoms with Crippen LogP contribution >= 0.6 is 0 Å². The Morgan fingerprint density at radius 2 is 0.735 bits per heavy atom. The molecule has 10 aromatic carbocycles. The number of furan rings is 1. The molecule has 0 amide bonds. The Morgan fingerprint density at radius 1 is 0.279 bits per heavy atom. The lowest BCUT2D eigenvalue weighted by molar-refractivity contribution is 0.669. The average Bonchev–Trinajstić information content (AvgIpc) is 3.91. The normalized spacial score (nSPS) is 12.8. The van der Waals surface area contributed by atoms with Crippen molar-refractivity contribution in [2.45, 2.75) is 5.41 Å². The summed E-state index contributed by atoms with van der Waals surface area (Å²) in [5, 5.41) is 2.11. The average molecular weight is 865 g/mol. The van der Waals surface area contributed by atoms with Crippen molar-refractivity contribution >= 4 is 21.9 Å². The molecule has 2 heterocycles. The minimum Gasteiger partial charge on any atom is -0.455 e. The lowest BCUT2D eigenvalue weighted by atomic mass is 9.66. The zero-order chi connectivity index (χ0) is 44.8. The maximum Gasteiger partial charge on any atom is 0.164 e. The fraction of sp³-hybridized carbons (Fsp3) is 0.0154. The Balaban J connectivity index is 1.03. The predicted octanol–water partition coefficient (Wildman–Crippen LogP) is 16.7. The van der Waals surface area contributed by atoms with Crippen LogP contribution in [0.5, 0.6) is 0 Å². The Morgan fingerprint density at radius 3 is 1.35 bits per heavy atom. The Bertz CT molecular complexity index is 3850. The second-order valence-corrected chi connectivity index (χ2v) is 18.0. The molecule has 2 aromatic heterocycles. The topological polar surface area (TPSA) is 38.9 Å². The van der Waals surface area contributed by atoms with Gasteiger partial charge in [0.05, 0.1) is 22.4 Å². The van der Waals surface area contributed by atoms with Crippen LogP contribution in [0.1, 0.15) is 22.3 Å². The lowest BCUT2D eigenvalue weighted by Gasteiger charge is -2.35. The Hall–Kier alpha value is -8.92. The maximum atomic E-state index is 6.66. The van der Waals surface area contributed by atoms with Crippen LogP contribution in [0.3, 0.4) is 0 Å². The molecule has 68 heavy (non-hydrogen) atoms. The van der Waals surface area contributed by atoms with Crippen molar-refractivity contribution in [1.29, 1.82) is 0 Å². The van der Waals surface area contributed by atoms with Crippen molar-refractivity contribution < 1.29 is 4.42 Å². The van der Waals surface area contributed by atoms with E-state index in [4.69, 9.17) is 14.4 Å². The molecule has 2 aliphatic rings. The molecule has 0 atom stereocenters. The van der Waals surface area contributed by atoms with E-state index in [-0.39, 0.29) is 0 Å². The first-order chi connectivity index (χ1) is 33.7. The third kappa shape index (κ3) is 5.72. The number of nitrogens with zero attached hydrogens (tertiary/aromatic N) is 2. The van der Waals surface area contributed by atoms with Gasteiger partial charge in [-0.3, -0.25) is 0 Å². The van der Waals surface area contributed by atoms with Gasteiger partial charge in [0.1, 0.15) is 11.2 Å². The smallest absolute Gasteiger partial charge is 0.164 e. The van der Waals surface area contributed by atoms with Gasteiger partial charge in [0.2, 0.25) is 0 Å². The van der Waals surface area contributed by atoms with Gasteiger partial charge in [-0.25, -0.2) is 9.97 Å². The van der Waals surface area contributed by atoms with Crippen molar-refractivity contribution in [3.05, 3.63) is 265 Å². The van der Waals surface area contributed by atoms with Crippen LogP contribution in [-0.2, 0) is 5.41 Å². The Kier molecular flexibility index (Phi) is 8.50. The molecule has 12 aromatic rings. The number of hydrogen-bond acceptors (Lipinski definition) is 3. The van der Waals surface area contributed by atoms with Crippen LogP contribution in [0.2, 0.25) is 0 Å². The molecule has 0 unspecified atom stereocenters. The SMILES string of the molecule is c1ccc(-c2cc(-c3ccccc3)cc(-c3cc(-c4ccc5c(c4)-c4ccccc4C54c5ccccc5-c5ccccc5-c5ccccc54)nc(-c4cccc5c4oc4ccccc45)n3)c2)cc1. The van der Waals surface area contributed by atoms with Crippen LogP contribution in [-0.4, -0.2) is 9.97 Å². The quantitative estimate of drug-likeness (QED) is 0.173. The van der Waals surface area contributed by atoms with E-state index in [2.05, 4.69) is 231 Å². The highest BCUT2D eigenvalue weighted by atomic mass is 16.3. The summed E-state index contributed by atoms with van der Waals surface area (Å²) in [7, 11) is 0. The first-order valence-corrected chi connectivity index (χ1v) is 23.3. The van der Waals surface area contributed by atoms with E-state index < -0.39 is 5.41 Å². The van der Waals surface area contributed by atoms with Gasteiger partial charge < -0.3 is 4.42 Å². The van der Waals surface area contributed by atoms with E-state index in [1.165, 1.54) is 55.6 Å². The van der Waals surface area contributed by atoms with Crippen molar-refractivity contribution in [1.82, 2.24) is 9.97 Å². The zero-order valence-electron chi connectivity index (χ0n) is 36.9. The largest absolute Gasteiger partial charge is 0.455 e. The first kappa shape index (κ1) is 38.4. The van der Waals surface area contributed by atoms with Crippen molar-refractivity contribution in [3.8, 4) is 89.5 Å². The molecule has 0 saturated heterocycles. The number of fused-ring (bicyclic) bond motifs is 15. The molecule has 0 aliphatic heterocycles. The van der Waals surface area contributed by atoms with Gasteiger partial charge in [-0.15, -0.1) is 0 Å². The summed E-state index contributed by atoms with van der Waals surface area (Å²) in [5.74, 6) is 0.607. The highest BCUT2D eigenvalue weighted by Gasteiger charge is 2.49. The van der Waals surface area contributed by atoms with Crippen LogP contribution in [0.4, 0.5) is 0 Å². The maximum absolute atomic E-state index is 6.66. The molecule has 316 valence electrons. The summed E-state index contributed by atoms with van der Waals surface area (Å²) in [6, 6.07) is 87.7. The van der Waals surface area contributed by atoms with Crippen LogP contribution < -0.4 is 0 Å². The highest BCUT2D eigenvalue weighted by Crippen LogP contribution is 2.61. The molecule has 3 nitrogen and oxygen atoms in total. The first-order valence-electron chi connectivity index (χ1n) is 23.3. The second kappa shape index (κ2) is 15.1. The molecule has 1 spiro atoms. The predicted molar refractivity (Wildman–Crippen MR) is 278 cm³/mol. The molecule has 0 N–H and O–H groups in total. The number of hydrogen-bond donors (Lipinski definition) is 0. The van der Waals surface area contributed by atoms with E-state index in [0.29, 0.717) is 5.82 Å². The zero-order valence-corrected chi connectivity index (χ0v) is 36.9. The van der Waals surface area contributed by atoms with Gasteiger partial charge >= 0.3 is 0 Å². The minimum atomic E-state index is -0.568. The van der Waals surface area contributed by atoms with E-state index in [1.54, 1.807) is 0 Å². The minimum absolute atomic E-state index is 0.568. The number of aromatic nitrogens is 2. The Labute approximate surface area is 394 Å². The summed E-state index contributed by atoms with van der Waals surface area (Å²) in [5.41, 5.74) is 22.7. The number of rotatable bonds is 5. The van der Waals surface area contributed by atoms with Gasteiger partial charge in [-0.05, 0) is 120 Å². The summed E-state index contributed by atoms with van der Waals surface area (Å²) in [6.07, 6.45) is 0. The van der Waals surface area contributed by atoms with Crippen molar-refractivity contribution in [2.24, 2.45) is 0 Å². The molecule has 0 radical (unpaired) electrons. The highest BCUT2D eigenvalue weighted by molar-refractivity contribution is 6.09. The summed E-state index contributed by atoms with van der Waals surface area (Å²) >= 11 is 0. The van der Waals surface area contributed by atoms with Gasteiger partial charge in [-0.2, -0.15) is 0 Å². The second-order valence-electron chi connectivity index (χ2n) is 18.0. The fourth-order valence-electron chi connectivity index (χ4n) is 11.4. The van der Waals surface area contributed by atoms with Crippen molar-refractivity contribution in [2.75, 3.05) is 0 Å². The molecule has 0 saturated carbocycles. The molecular formula is C65H40N2O. The molecule has 3 heteroatoms. The summed E-state index contributed by atoms with van der Waals surface area (Å²) < 4.78 is 6.66. The van der Waals surface area contributed by atoms with Gasteiger partial charge in [0.25, 0.3) is 0 Å². The van der Waals surface area contributed by atoms with E-state index in [1.807, 2.05) is 12.1 Å². The van der Waals surface area contributed by atoms with E-state index in [0.717, 1.165) is 72.3 Å². The van der Waals surface area contributed by atoms with Crippen LogP contribution in [0.25, 0.3) is 111 Å². The third-order valence-corrected chi connectivity index (χ3v) is 14.3. The van der Waals surface area contributed by atoms with Gasteiger partial charge in [0, 0.05) is 21.9 Å². The molecule has 2 aliphatic carbocycles. The fourth-order valence-corrected chi connectivity index (χ4v) is 11.4. The molecule has 0 bridgehead atoms. The summed E-state index contributed by atoms with van der Waals surface area (Å²) in [4.78, 5) is 11.0.